The van der Waals surface area contributed by atoms with Crippen LogP contribution < -0.4 is 5.73 Å². The molecule has 1 heterocycles. The number of nitrogens with two attached hydrogens (primary N) is 1. The summed E-state index contributed by atoms with van der Waals surface area (Å²) >= 11 is 12.1. The van der Waals surface area contributed by atoms with Gasteiger partial charge >= 0.3 is 0 Å². The first kappa shape index (κ1) is 15.9. The zero-order valence-electron chi connectivity index (χ0n) is 12.4. The van der Waals surface area contributed by atoms with E-state index >= 15 is 0 Å². The normalized spacial score (nSPS) is 14.4. The van der Waals surface area contributed by atoms with Crippen molar-refractivity contribution in [1.82, 2.24) is 4.90 Å². The molecular weight excluding hydrogens is 331 g/mol. The van der Waals surface area contributed by atoms with E-state index in [9.17, 15) is 4.79 Å². The Morgan fingerprint density at radius 2 is 1.78 bits per heavy atom. The van der Waals surface area contributed by atoms with Gasteiger partial charge < -0.3 is 10.6 Å². The molecule has 0 bridgehead atoms. The molecule has 2 aromatic rings. The van der Waals surface area contributed by atoms with Gasteiger partial charge in [-0.3, -0.25) is 4.79 Å². The van der Waals surface area contributed by atoms with Gasteiger partial charge in [0.2, 0.25) is 5.78 Å². The van der Waals surface area contributed by atoms with E-state index in [4.69, 9.17) is 28.9 Å². The Labute approximate surface area is 145 Å². The second-order valence-corrected chi connectivity index (χ2v) is 6.32. The van der Waals surface area contributed by atoms with E-state index < -0.39 is 0 Å². The van der Waals surface area contributed by atoms with E-state index in [1.807, 2.05) is 29.2 Å². The number of nitrogens with zero attached hydrogens (tertiary/aromatic N) is 1. The molecule has 0 saturated heterocycles. The van der Waals surface area contributed by atoms with E-state index in [0.717, 1.165) is 5.56 Å². The van der Waals surface area contributed by atoms with Gasteiger partial charge in [-0.1, -0.05) is 41.4 Å². The number of benzene rings is 2. The van der Waals surface area contributed by atoms with Crippen LogP contribution in [0.4, 0.5) is 0 Å². The third kappa shape index (κ3) is 3.36. The van der Waals surface area contributed by atoms with Crippen molar-refractivity contribution in [3.05, 3.63) is 81.1 Å². The van der Waals surface area contributed by atoms with Crippen LogP contribution in [0, 0.1) is 0 Å². The molecule has 0 radical (unpaired) electrons. The maximum Gasteiger partial charge on any atom is 0.210 e. The lowest BCUT2D eigenvalue weighted by Crippen LogP contribution is -2.25. The van der Waals surface area contributed by atoms with Crippen LogP contribution in [0.2, 0.25) is 10.0 Å². The minimum Gasteiger partial charge on any atom is -0.400 e. The van der Waals surface area contributed by atoms with E-state index in [0.29, 0.717) is 46.5 Å². The molecule has 0 aromatic heterocycles. The summed E-state index contributed by atoms with van der Waals surface area (Å²) in [6, 6.07) is 14.5. The molecule has 3 rings (SSSR count). The first-order chi connectivity index (χ1) is 11.1. The molecule has 2 N–H and O–H groups in total. The van der Waals surface area contributed by atoms with Gasteiger partial charge in [0.05, 0.1) is 0 Å². The smallest absolute Gasteiger partial charge is 0.210 e. The molecule has 5 heteroatoms. The van der Waals surface area contributed by atoms with Crippen LogP contribution >= 0.6 is 23.2 Å². The van der Waals surface area contributed by atoms with Crippen molar-refractivity contribution in [2.45, 2.75) is 13.0 Å². The summed E-state index contributed by atoms with van der Waals surface area (Å²) in [5, 5.41) is 1.29. The van der Waals surface area contributed by atoms with Crippen LogP contribution in [-0.4, -0.2) is 17.2 Å². The first-order valence-corrected chi connectivity index (χ1v) is 8.09. The maximum absolute atomic E-state index is 12.8. The number of hydrogen-bond acceptors (Lipinski definition) is 3. The second-order valence-electron chi connectivity index (χ2n) is 5.47. The van der Waals surface area contributed by atoms with Crippen molar-refractivity contribution in [3.63, 3.8) is 0 Å². The summed E-state index contributed by atoms with van der Waals surface area (Å²) < 4.78 is 0. The van der Waals surface area contributed by atoms with Crippen LogP contribution in [0.15, 0.2) is 59.9 Å². The highest BCUT2D eigenvalue weighted by Crippen LogP contribution is 2.27. The average molecular weight is 347 g/mol. The summed E-state index contributed by atoms with van der Waals surface area (Å²) in [6.45, 7) is 1.28. The zero-order chi connectivity index (χ0) is 16.4. The average Bonchev–Trinajstić information content (AvgIpc) is 2.90. The highest BCUT2D eigenvalue weighted by molar-refractivity contribution is 6.31. The molecule has 2 aromatic carbocycles. The van der Waals surface area contributed by atoms with Crippen LogP contribution in [0.25, 0.3) is 0 Å². The van der Waals surface area contributed by atoms with Gasteiger partial charge in [0.1, 0.15) is 5.70 Å². The third-order valence-electron chi connectivity index (χ3n) is 3.91. The Hall–Kier alpha value is -1.97. The molecule has 0 spiro atoms. The SMILES string of the molecule is NC1=C(C(=O)c2ccc(Cl)cc2)N(Cc2ccccc2Cl)CC1. The Morgan fingerprint density at radius 3 is 2.48 bits per heavy atom. The summed E-state index contributed by atoms with van der Waals surface area (Å²) in [4.78, 5) is 14.8. The maximum atomic E-state index is 12.8. The summed E-state index contributed by atoms with van der Waals surface area (Å²) in [5.41, 5.74) is 8.83. The van der Waals surface area contributed by atoms with Crippen LogP contribution in [0.1, 0.15) is 22.3 Å². The molecule has 1 aliphatic rings. The summed E-state index contributed by atoms with van der Waals surface area (Å²) in [5.74, 6) is -0.0799. The molecule has 3 nitrogen and oxygen atoms in total. The second kappa shape index (κ2) is 6.65. The van der Waals surface area contributed by atoms with Gasteiger partial charge in [0, 0.05) is 40.8 Å². The summed E-state index contributed by atoms with van der Waals surface area (Å²) in [6.07, 6.45) is 0.680. The molecular formula is C18H16Cl2N2O. The Kier molecular flexibility index (Phi) is 4.60. The minimum absolute atomic E-state index is 0.0799. The van der Waals surface area contributed by atoms with Gasteiger partial charge in [-0.15, -0.1) is 0 Å². The molecule has 1 aliphatic heterocycles. The van der Waals surface area contributed by atoms with Crippen molar-refractivity contribution in [2.24, 2.45) is 5.73 Å². The Bertz CT molecular complexity index is 769. The number of hydrogen-bond donors (Lipinski definition) is 1. The number of Topliss-reactive ketones (excluding diaryl/α,β-unsaturated/α-hetero) is 1. The fraction of sp³-hybridized carbons (Fsp3) is 0.167. The number of halogens is 2. The van der Waals surface area contributed by atoms with Crippen molar-refractivity contribution < 1.29 is 4.79 Å². The highest BCUT2D eigenvalue weighted by atomic mass is 35.5. The largest absolute Gasteiger partial charge is 0.400 e. The van der Waals surface area contributed by atoms with Crippen molar-refractivity contribution in [3.8, 4) is 0 Å². The molecule has 0 aliphatic carbocycles. The fourth-order valence-corrected chi connectivity index (χ4v) is 3.03. The predicted molar refractivity (Wildman–Crippen MR) is 93.5 cm³/mol. The number of ketones is 1. The van der Waals surface area contributed by atoms with Gasteiger partial charge in [-0.05, 0) is 35.9 Å². The first-order valence-electron chi connectivity index (χ1n) is 7.33. The lowest BCUT2D eigenvalue weighted by molar-refractivity contribution is 0.0994. The van der Waals surface area contributed by atoms with Gasteiger partial charge in [-0.2, -0.15) is 0 Å². The van der Waals surface area contributed by atoms with Crippen molar-refractivity contribution >= 4 is 29.0 Å². The van der Waals surface area contributed by atoms with E-state index in [2.05, 4.69) is 0 Å². The summed E-state index contributed by atoms with van der Waals surface area (Å²) in [7, 11) is 0. The molecule has 0 fully saturated rings. The lowest BCUT2D eigenvalue weighted by atomic mass is 10.1. The molecule has 118 valence electrons. The van der Waals surface area contributed by atoms with Crippen molar-refractivity contribution in [1.29, 1.82) is 0 Å². The van der Waals surface area contributed by atoms with E-state index in [1.54, 1.807) is 24.3 Å². The number of rotatable bonds is 4. The number of carbonyl (C=O) groups excluding carboxylic acids is 1. The van der Waals surface area contributed by atoms with Gasteiger partial charge in [0.15, 0.2) is 0 Å². The molecule has 0 unspecified atom stereocenters. The highest BCUT2D eigenvalue weighted by Gasteiger charge is 2.27. The Balaban J connectivity index is 1.87. The zero-order valence-corrected chi connectivity index (χ0v) is 13.9. The number of allylic oxidation sites excluding steroid dienone is 1. The molecule has 0 amide bonds. The monoisotopic (exact) mass is 346 g/mol. The third-order valence-corrected chi connectivity index (χ3v) is 4.53. The topological polar surface area (TPSA) is 46.3 Å². The number of carbonyl (C=O) groups is 1. The Morgan fingerprint density at radius 1 is 1.09 bits per heavy atom. The van der Waals surface area contributed by atoms with Crippen LogP contribution in [-0.2, 0) is 6.54 Å². The minimum atomic E-state index is -0.0799. The van der Waals surface area contributed by atoms with E-state index in [-0.39, 0.29) is 5.78 Å². The fourth-order valence-electron chi connectivity index (χ4n) is 2.71. The van der Waals surface area contributed by atoms with Crippen molar-refractivity contribution in [2.75, 3.05) is 6.54 Å². The molecule has 0 saturated carbocycles. The quantitative estimate of drug-likeness (QED) is 0.841. The van der Waals surface area contributed by atoms with E-state index in [1.165, 1.54) is 0 Å². The molecule has 23 heavy (non-hydrogen) atoms. The lowest BCUT2D eigenvalue weighted by Gasteiger charge is -2.22. The molecule has 0 atom stereocenters. The predicted octanol–water partition coefficient (Wildman–Crippen LogP) is 4.25. The van der Waals surface area contributed by atoms with Gasteiger partial charge in [0.25, 0.3) is 0 Å². The van der Waals surface area contributed by atoms with Crippen LogP contribution in [0.5, 0.6) is 0 Å². The van der Waals surface area contributed by atoms with Gasteiger partial charge in [-0.25, -0.2) is 0 Å². The standard InChI is InChI=1S/C18H16Cl2N2O/c19-14-7-5-12(6-8-14)18(23)17-16(21)9-10-22(17)11-13-3-1-2-4-15(13)20/h1-8H,9-11,21H2. The van der Waals surface area contributed by atoms with Crippen LogP contribution in [0.3, 0.4) is 0 Å².